The van der Waals surface area contributed by atoms with Crippen molar-refractivity contribution in [2.24, 2.45) is 0 Å². The van der Waals surface area contributed by atoms with Gasteiger partial charge in [-0.2, -0.15) is 0 Å². The molecule has 0 aromatic heterocycles. The van der Waals surface area contributed by atoms with E-state index < -0.39 is 0 Å². The van der Waals surface area contributed by atoms with Crippen LogP contribution in [0.2, 0.25) is 0 Å². The Morgan fingerprint density at radius 3 is 1.23 bits per heavy atom. The van der Waals surface area contributed by atoms with Crippen LogP contribution in [0, 0.1) is 0 Å². The minimum atomic E-state index is 0.617. The molecule has 0 fully saturated rings. The van der Waals surface area contributed by atoms with Crippen LogP contribution < -0.4 is 9.47 Å². The number of ether oxygens (including phenoxy) is 2. The molecule has 0 unspecified atom stereocenters. The van der Waals surface area contributed by atoms with Crippen molar-refractivity contribution in [3.8, 4) is 33.8 Å². The summed E-state index contributed by atoms with van der Waals surface area (Å²) in [6.45, 7) is 0. The van der Waals surface area contributed by atoms with Crippen molar-refractivity contribution in [1.29, 1.82) is 0 Å². The normalized spacial score (nSPS) is 10.2. The van der Waals surface area contributed by atoms with Crippen molar-refractivity contribution in [1.82, 2.24) is 0 Å². The molecule has 3 aromatic rings. The van der Waals surface area contributed by atoms with E-state index in [4.69, 9.17) is 9.47 Å². The van der Waals surface area contributed by atoms with Gasteiger partial charge in [-0.1, -0.05) is 48.5 Å². The van der Waals surface area contributed by atoms with E-state index in [1.54, 1.807) is 38.5 Å². The molecule has 0 aliphatic heterocycles. The Kier molecular flexibility index (Phi) is 5.13. The molecule has 0 atom stereocenters. The van der Waals surface area contributed by atoms with E-state index in [1.807, 2.05) is 36.4 Å². The predicted octanol–water partition coefficient (Wildman–Crippen LogP) is 4.66. The van der Waals surface area contributed by atoms with Gasteiger partial charge in [0.05, 0.1) is 14.2 Å². The Bertz CT molecular complexity index is 846. The SMILES string of the molecule is COc1cc(-c2ccc(C=O)cc2)c(OC)cc1-c1ccc(C=O)cc1. The Balaban J connectivity index is 2.12. The number of hydrogen-bond donors (Lipinski definition) is 0. The second-order valence-corrected chi connectivity index (χ2v) is 5.73. The van der Waals surface area contributed by atoms with Crippen molar-refractivity contribution in [2.75, 3.05) is 14.2 Å². The van der Waals surface area contributed by atoms with Crippen LogP contribution in [0.3, 0.4) is 0 Å². The van der Waals surface area contributed by atoms with E-state index in [2.05, 4.69) is 0 Å². The third kappa shape index (κ3) is 3.35. The summed E-state index contributed by atoms with van der Waals surface area (Å²) in [5, 5.41) is 0. The zero-order valence-corrected chi connectivity index (χ0v) is 14.6. The summed E-state index contributed by atoms with van der Waals surface area (Å²) in [7, 11) is 3.23. The number of carbonyl (C=O) groups is 2. The maximum Gasteiger partial charge on any atom is 0.150 e. The van der Waals surface area contributed by atoms with Gasteiger partial charge < -0.3 is 9.47 Å². The summed E-state index contributed by atoms with van der Waals surface area (Å²) in [5.41, 5.74) is 4.82. The molecule has 130 valence electrons. The average molecular weight is 346 g/mol. The van der Waals surface area contributed by atoms with Crippen molar-refractivity contribution in [3.63, 3.8) is 0 Å². The molecule has 0 aliphatic carbocycles. The van der Waals surface area contributed by atoms with Crippen molar-refractivity contribution in [3.05, 3.63) is 71.8 Å². The predicted molar refractivity (Wildman–Crippen MR) is 101 cm³/mol. The zero-order chi connectivity index (χ0) is 18.5. The maximum atomic E-state index is 10.9. The van der Waals surface area contributed by atoms with Gasteiger partial charge in [-0.3, -0.25) is 9.59 Å². The minimum absolute atomic E-state index is 0.617. The minimum Gasteiger partial charge on any atom is -0.496 e. The second-order valence-electron chi connectivity index (χ2n) is 5.73. The first-order valence-corrected chi connectivity index (χ1v) is 8.07. The van der Waals surface area contributed by atoms with Crippen LogP contribution in [0.15, 0.2) is 60.7 Å². The number of carbonyl (C=O) groups excluding carboxylic acids is 2. The van der Waals surface area contributed by atoms with Crippen LogP contribution in [-0.2, 0) is 0 Å². The summed E-state index contributed by atoms with van der Waals surface area (Å²) < 4.78 is 11.2. The number of hydrogen-bond acceptors (Lipinski definition) is 4. The fourth-order valence-electron chi connectivity index (χ4n) is 2.83. The van der Waals surface area contributed by atoms with Gasteiger partial charge in [0, 0.05) is 22.3 Å². The molecule has 3 aromatic carbocycles. The molecule has 0 radical (unpaired) electrons. The van der Waals surface area contributed by atoms with Crippen LogP contribution >= 0.6 is 0 Å². The van der Waals surface area contributed by atoms with Crippen molar-refractivity contribution >= 4 is 12.6 Å². The molecular weight excluding hydrogens is 328 g/mol. The van der Waals surface area contributed by atoms with Crippen LogP contribution in [0.5, 0.6) is 11.5 Å². The van der Waals surface area contributed by atoms with Crippen LogP contribution in [0.25, 0.3) is 22.3 Å². The number of benzene rings is 3. The monoisotopic (exact) mass is 346 g/mol. The van der Waals surface area contributed by atoms with Gasteiger partial charge in [-0.25, -0.2) is 0 Å². The molecule has 0 saturated carbocycles. The summed E-state index contributed by atoms with van der Waals surface area (Å²) in [5.74, 6) is 1.39. The lowest BCUT2D eigenvalue weighted by Gasteiger charge is -2.15. The van der Waals surface area contributed by atoms with Gasteiger partial charge in [0.1, 0.15) is 24.1 Å². The fraction of sp³-hybridized carbons (Fsp3) is 0.0909. The maximum absolute atomic E-state index is 10.9. The largest absolute Gasteiger partial charge is 0.496 e. The van der Waals surface area contributed by atoms with Crippen LogP contribution in [0.4, 0.5) is 0 Å². The molecule has 4 heteroatoms. The van der Waals surface area contributed by atoms with Gasteiger partial charge >= 0.3 is 0 Å². The molecule has 3 rings (SSSR count). The van der Waals surface area contributed by atoms with Gasteiger partial charge in [0.2, 0.25) is 0 Å². The molecule has 0 N–H and O–H groups in total. The molecule has 0 saturated heterocycles. The van der Waals surface area contributed by atoms with E-state index in [9.17, 15) is 9.59 Å². The highest BCUT2D eigenvalue weighted by Gasteiger charge is 2.14. The molecule has 0 aliphatic rings. The van der Waals surface area contributed by atoms with E-state index in [0.717, 1.165) is 34.8 Å². The summed E-state index contributed by atoms with van der Waals surface area (Å²) in [6.07, 6.45) is 1.63. The van der Waals surface area contributed by atoms with Crippen molar-refractivity contribution in [2.45, 2.75) is 0 Å². The molecule has 0 amide bonds. The third-order valence-corrected chi connectivity index (χ3v) is 4.24. The number of rotatable bonds is 6. The lowest BCUT2D eigenvalue weighted by Crippen LogP contribution is -1.94. The Morgan fingerprint density at radius 1 is 0.615 bits per heavy atom. The first-order valence-electron chi connectivity index (χ1n) is 8.07. The molecule has 4 nitrogen and oxygen atoms in total. The quantitative estimate of drug-likeness (QED) is 0.609. The highest BCUT2D eigenvalue weighted by molar-refractivity contribution is 5.84. The molecule has 0 spiro atoms. The highest BCUT2D eigenvalue weighted by atomic mass is 16.5. The van der Waals surface area contributed by atoms with Crippen LogP contribution in [0.1, 0.15) is 20.7 Å². The first-order chi connectivity index (χ1) is 12.7. The highest BCUT2D eigenvalue weighted by Crippen LogP contribution is 2.40. The van der Waals surface area contributed by atoms with E-state index in [1.165, 1.54) is 0 Å². The second kappa shape index (κ2) is 7.66. The van der Waals surface area contributed by atoms with E-state index >= 15 is 0 Å². The van der Waals surface area contributed by atoms with E-state index in [-0.39, 0.29) is 0 Å². The number of aldehydes is 2. The standard InChI is InChI=1S/C22H18O4/c1-25-21-11-20(18-9-5-16(14-24)6-10-18)22(26-2)12-19(21)17-7-3-15(13-23)4-8-17/h3-14H,1-2H3. The smallest absolute Gasteiger partial charge is 0.150 e. The first kappa shape index (κ1) is 17.4. The topological polar surface area (TPSA) is 52.6 Å². The summed E-state index contributed by atoms with van der Waals surface area (Å²) >= 11 is 0. The molecular formula is C22H18O4. The number of methoxy groups -OCH3 is 2. The third-order valence-electron chi connectivity index (χ3n) is 4.24. The average Bonchev–Trinajstić information content (AvgIpc) is 2.73. The van der Waals surface area contributed by atoms with E-state index in [0.29, 0.717) is 22.6 Å². The lowest BCUT2D eigenvalue weighted by atomic mass is 9.97. The van der Waals surface area contributed by atoms with Gasteiger partial charge in [-0.05, 0) is 23.3 Å². The zero-order valence-electron chi connectivity index (χ0n) is 14.6. The Hall–Kier alpha value is -3.40. The molecule has 26 heavy (non-hydrogen) atoms. The Morgan fingerprint density at radius 2 is 0.962 bits per heavy atom. The molecule has 0 bridgehead atoms. The molecule has 0 heterocycles. The lowest BCUT2D eigenvalue weighted by molar-refractivity contribution is 0.111. The summed E-state index contributed by atoms with van der Waals surface area (Å²) in [4.78, 5) is 21.7. The van der Waals surface area contributed by atoms with Gasteiger partial charge in [0.25, 0.3) is 0 Å². The summed E-state index contributed by atoms with van der Waals surface area (Å²) in [6, 6.07) is 18.4. The van der Waals surface area contributed by atoms with Gasteiger partial charge in [-0.15, -0.1) is 0 Å². The van der Waals surface area contributed by atoms with Crippen molar-refractivity contribution < 1.29 is 19.1 Å². The van der Waals surface area contributed by atoms with Gasteiger partial charge in [0.15, 0.2) is 0 Å². The Labute approximate surface area is 152 Å². The van der Waals surface area contributed by atoms with Crippen LogP contribution in [-0.4, -0.2) is 26.8 Å². The fourth-order valence-corrected chi connectivity index (χ4v) is 2.83.